The first-order valence-electron chi connectivity index (χ1n) is 14.0. The van der Waals surface area contributed by atoms with Gasteiger partial charge in [-0.15, -0.1) is 11.8 Å². The Morgan fingerprint density at radius 2 is 1.93 bits per heavy atom. The Morgan fingerprint density at radius 1 is 1.20 bits per heavy atom. The zero-order chi connectivity index (χ0) is 33.1. The van der Waals surface area contributed by atoms with E-state index in [1.54, 1.807) is 45.0 Å². The van der Waals surface area contributed by atoms with Gasteiger partial charge in [0, 0.05) is 11.3 Å². The zero-order valence-electron chi connectivity index (χ0n) is 25.1. The normalized spacial score (nSPS) is 14.6. The van der Waals surface area contributed by atoms with E-state index in [1.165, 1.54) is 42.0 Å². The van der Waals surface area contributed by atoms with Crippen molar-refractivity contribution in [2.45, 2.75) is 44.0 Å². The number of esters is 1. The molecule has 5 rings (SSSR count). The number of nitrogens with zero attached hydrogens (tertiary/aromatic N) is 4. The molecule has 46 heavy (non-hydrogen) atoms. The number of halogens is 3. The SMILES string of the molecule is CCOC(=O)C1=C(C)N=c2s/c(=C\c3ccc(OC)c(CSc4nc(C(F)F)cc(C)c4C#N)c3)c(=O)n2C1c1ccc(F)cc1. The van der Waals surface area contributed by atoms with Crippen molar-refractivity contribution in [2.75, 3.05) is 13.7 Å². The number of alkyl halides is 2. The van der Waals surface area contributed by atoms with Crippen molar-refractivity contribution < 1.29 is 27.4 Å². The van der Waals surface area contributed by atoms with E-state index in [0.29, 0.717) is 43.0 Å². The molecule has 1 atom stereocenters. The van der Waals surface area contributed by atoms with Crippen molar-refractivity contribution in [2.24, 2.45) is 4.99 Å². The molecule has 1 aliphatic heterocycles. The van der Waals surface area contributed by atoms with E-state index in [2.05, 4.69) is 9.98 Å². The molecule has 13 heteroatoms. The van der Waals surface area contributed by atoms with E-state index in [4.69, 9.17) is 9.47 Å². The first-order chi connectivity index (χ1) is 22.1. The molecule has 0 saturated carbocycles. The lowest BCUT2D eigenvalue weighted by Crippen LogP contribution is -2.39. The van der Waals surface area contributed by atoms with Gasteiger partial charge in [-0.25, -0.2) is 27.9 Å². The van der Waals surface area contributed by atoms with Crippen LogP contribution in [0.4, 0.5) is 13.2 Å². The minimum atomic E-state index is -2.78. The molecule has 1 aliphatic rings. The van der Waals surface area contributed by atoms with Crippen LogP contribution in [-0.4, -0.2) is 29.2 Å². The lowest BCUT2D eigenvalue weighted by molar-refractivity contribution is -0.139. The molecule has 0 spiro atoms. The Morgan fingerprint density at radius 3 is 2.59 bits per heavy atom. The number of pyridine rings is 1. The fraction of sp³-hybridized carbons (Fsp3) is 0.242. The standard InChI is InChI=1S/C33H27F3N4O4S2/c1-5-44-32(42)27-18(3)38-33-40(28(27)20-7-9-22(34)10-8-20)31(41)26(46-33)14-19-6-11-25(43-4)21(13-19)16-45-30-23(15-37)17(2)12-24(39-30)29(35)36/h6-14,28-29H,5,16H2,1-4H3/b26-14-. The van der Waals surface area contributed by atoms with Crippen molar-refractivity contribution in [3.8, 4) is 11.8 Å². The van der Waals surface area contributed by atoms with Crippen LogP contribution in [0.1, 0.15) is 59.8 Å². The number of carbonyl (C=O) groups is 1. The molecular formula is C33H27F3N4O4S2. The predicted molar refractivity (Wildman–Crippen MR) is 168 cm³/mol. The molecule has 236 valence electrons. The number of nitriles is 1. The summed E-state index contributed by atoms with van der Waals surface area (Å²) in [6.07, 6.45) is -1.10. The number of hydrogen-bond acceptors (Lipinski definition) is 9. The number of aromatic nitrogens is 2. The molecule has 0 saturated heterocycles. The maximum absolute atomic E-state index is 13.9. The van der Waals surface area contributed by atoms with Crippen LogP contribution >= 0.6 is 23.1 Å². The molecule has 8 nitrogen and oxygen atoms in total. The number of hydrogen-bond donors (Lipinski definition) is 0. The second-order valence-electron chi connectivity index (χ2n) is 10.2. The molecule has 0 bridgehead atoms. The fourth-order valence-electron chi connectivity index (χ4n) is 5.07. The highest BCUT2D eigenvalue weighted by Gasteiger charge is 2.33. The van der Waals surface area contributed by atoms with Crippen LogP contribution in [0.3, 0.4) is 0 Å². The minimum Gasteiger partial charge on any atom is -0.496 e. The van der Waals surface area contributed by atoms with E-state index < -0.39 is 35.5 Å². The van der Waals surface area contributed by atoms with Gasteiger partial charge in [-0.2, -0.15) is 5.26 Å². The van der Waals surface area contributed by atoms with Crippen molar-refractivity contribution in [1.82, 2.24) is 9.55 Å². The smallest absolute Gasteiger partial charge is 0.338 e. The van der Waals surface area contributed by atoms with Crippen LogP contribution in [0.5, 0.6) is 5.75 Å². The maximum atomic E-state index is 13.9. The number of methoxy groups -OCH3 is 1. The van der Waals surface area contributed by atoms with Gasteiger partial charge in [-0.3, -0.25) is 9.36 Å². The summed E-state index contributed by atoms with van der Waals surface area (Å²) >= 11 is 2.27. The number of ether oxygens (including phenoxy) is 2. The number of benzene rings is 2. The summed E-state index contributed by atoms with van der Waals surface area (Å²) in [4.78, 5) is 35.9. The van der Waals surface area contributed by atoms with Gasteiger partial charge in [0.25, 0.3) is 12.0 Å². The maximum Gasteiger partial charge on any atom is 0.338 e. The van der Waals surface area contributed by atoms with Gasteiger partial charge in [0.1, 0.15) is 28.4 Å². The molecule has 0 aliphatic carbocycles. The molecule has 1 unspecified atom stereocenters. The summed E-state index contributed by atoms with van der Waals surface area (Å²) in [6.45, 7) is 5.06. The topological polar surface area (TPSA) is 107 Å². The third-order valence-electron chi connectivity index (χ3n) is 7.21. The van der Waals surface area contributed by atoms with E-state index >= 15 is 0 Å². The van der Waals surface area contributed by atoms with E-state index in [0.717, 1.165) is 23.1 Å². The summed E-state index contributed by atoms with van der Waals surface area (Å²) in [6, 6.07) is 13.2. The Bertz CT molecular complexity index is 2080. The number of rotatable bonds is 9. The third kappa shape index (κ3) is 6.49. The second kappa shape index (κ2) is 13.8. The average Bonchev–Trinajstić information content (AvgIpc) is 3.33. The van der Waals surface area contributed by atoms with Crippen LogP contribution < -0.4 is 19.6 Å². The van der Waals surface area contributed by atoms with Gasteiger partial charge >= 0.3 is 5.97 Å². The molecule has 3 heterocycles. The molecule has 4 aromatic rings. The molecular weight excluding hydrogens is 638 g/mol. The van der Waals surface area contributed by atoms with Gasteiger partial charge < -0.3 is 9.47 Å². The van der Waals surface area contributed by atoms with Crippen molar-refractivity contribution in [3.63, 3.8) is 0 Å². The lowest BCUT2D eigenvalue weighted by atomic mass is 9.96. The van der Waals surface area contributed by atoms with E-state index in [1.807, 2.05) is 6.07 Å². The molecule has 2 aromatic carbocycles. The Labute approximate surface area is 270 Å². The zero-order valence-corrected chi connectivity index (χ0v) is 26.8. The first-order valence-corrected chi connectivity index (χ1v) is 15.8. The van der Waals surface area contributed by atoms with Crippen LogP contribution in [0.2, 0.25) is 0 Å². The Balaban J connectivity index is 1.56. The van der Waals surface area contributed by atoms with E-state index in [9.17, 15) is 28.0 Å². The summed E-state index contributed by atoms with van der Waals surface area (Å²) in [5.74, 6) is -0.308. The van der Waals surface area contributed by atoms with Gasteiger partial charge in [0.2, 0.25) is 0 Å². The largest absolute Gasteiger partial charge is 0.496 e. The summed E-state index contributed by atoms with van der Waals surface area (Å²) < 4.78 is 53.2. The predicted octanol–water partition coefficient (Wildman–Crippen LogP) is 5.75. The van der Waals surface area contributed by atoms with E-state index in [-0.39, 0.29) is 28.5 Å². The minimum absolute atomic E-state index is 0.124. The van der Waals surface area contributed by atoms with Gasteiger partial charge in [0.05, 0.1) is 41.1 Å². The Kier molecular flexibility index (Phi) is 9.79. The number of aryl methyl sites for hydroxylation is 1. The third-order valence-corrected chi connectivity index (χ3v) is 9.22. The first kappa shape index (κ1) is 32.7. The number of thioether (sulfide) groups is 1. The highest BCUT2D eigenvalue weighted by molar-refractivity contribution is 7.98. The van der Waals surface area contributed by atoms with Crippen molar-refractivity contribution in [3.05, 3.63) is 119 Å². The summed E-state index contributed by atoms with van der Waals surface area (Å²) in [5.41, 5.74) is 2.25. The van der Waals surface area contributed by atoms with Crippen LogP contribution in [0.15, 0.2) is 74.6 Å². The van der Waals surface area contributed by atoms with Gasteiger partial charge in [0.15, 0.2) is 4.80 Å². The van der Waals surface area contributed by atoms with Crippen molar-refractivity contribution in [1.29, 1.82) is 5.26 Å². The number of fused-ring (bicyclic) bond motifs is 1. The van der Waals surface area contributed by atoms with Gasteiger partial charge in [-0.05, 0) is 73.9 Å². The quantitative estimate of drug-likeness (QED) is 0.166. The lowest BCUT2D eigenvalue weighted by Gasteiger charge is -2.24. The van der Waals surface area contributed by atoms with Crippen LogP contribution in [0.25, 0.3) is 6.08 Å². The molecule has 2 aromatic heterocycles. The molecule has 0 fully saturated rings. The monoisotopic (exact) mass is 664 g/mol. The number of allylic oxidation sites excluding steroid dienone is 1. The highest BCUT2D eigenvalue weighted by Crippen LogP contribution is 2.33. The number of carbonyl (C=O) groups excluding carboxylic acids is 1. The molecule has 0 amide bonds. The summed E-state index contributed by atoms with van der Waals surface area (Å²) in [5, 5.41) is 9.81. The van der Waals surface area contributed by atoms with Gasteiger partial charge in [-0.1, -0.05) is 29.5 Å². The molecule has 0 N–H and O–H groups in total. The van der Waals surface area contributed by atoms with Crippen LogP contribution in [-0.2, 0) is 15.3 Å². The summed E-state index contributed by atoms with van der Waals surface area (Å²) in [7, 11) is 1.50. The van der Waals surface area contributed by atoms with Crippen molar-refractivity contribution >= 4 is 35.1 Å². The van der Waals surface area contributed by atoms with Crippen LogP contribution in [0, 0.1) is 24.1 Å². The number of thiazole rings is 1. The average molecular weight is 665 g/mol. The Hall–Kier alpha value is -4.67. The molecule has 0 radical (unpaired) electrons. The second-order valence-corrected chi connectivity index (χ2v) is 12.1. The fourth-order valence-corrected chi connectivity index (χ4v) is 7.16. The highest BCUT2D eigenvalue weighted by atomic mass is 32.2.